The van der Waals surface area contributed by atoms with Gasteiger partial charge in [-0.1, -0.05) is 0 Å². The molecule has 178 valence electrons. The zero-order chi connectivity index (χ0) is 24.1. The average Bonchev–Trinajstić information content (AvgIpc) is 2.73. The Hall–Kier alpha value is -2.95. The van der Waals surface area contributed by atoms with Crippen LogP contribution in [0.3, 0.4) is 0 Å². The van der Waals surface area contributed by atoms with Crippen LogP contribution in [0, 0.1) is 11.6 Å². The van der Waals surface area contributed by atoms with E-state index in [9.17, 15) is 23.2 Å². The molecular weight excluding hydrogens is 428 g/mol. The summed E-state index contributed by atoms with van der Waals surface area (Å²) in [6.07, 6.45) is -0.585. The Balaban J connectivity index is 2.15. The van der Waals surface area contributed by atoms with Gasteiger partial charge in [-0.05, 0) is 46.2 Å². The number of carbonyl (C=O) groups excluding carboxylic acids is 3. The number of ether oxygens (including phenoxy) is 3. The van der Waals surface area contributed by atoms with Gasteiger partial charge < -0.3 is 24.8 Å². The largest absolute Gasteiger partial charge is 0.486 e. The minimum atomic E-state index is -1.24. The van der Waals surface area contributed by atoms with E-state index in [1.807, 2.05) is 0 Å². The third kappa shape index (κ3) is 6.78. The fourth-order valence-corrected chi connectivity index (χ4v) is 2.73. The Morgan fingerprint density at radius 3 is 2.59 bits per heavy atom. The van der Waals surface area contributed by atoms with Crippen molar-refractivity contribution >= 4 is 23.6 Å². The minimum Gasteiger partial charge on any atom is -0.486 e. The zero-order valence-electron chi connectivity index (χ0n) is 18.8. The van der Waals surface area contributed by atoms with Crippen LogP contribution in [0.4, 0.5) is 19.3 Å². The van der Waals surface area contributed by atoms with Crippen molar-refractivity contribution < 1.29 is 37.4 Å². The number of carbonyl (C=O) groups is 3. The molecule has 9 nitrogen and oxygen atoms in total. The zero-order valence-corrected chi connectivity index (χ0v) is 18.8. The van der Waals surface area contributed by atoms with E-state index < -0.39 is 53.0 Å². The summed E-state index contributed by atoms with van der Waals surface area (Å²) in [6.45, 7) is 6.71. The normalized spacial score (nSPS) is 18.2. The molecule has 0 saturated carbocycles. The Kier molecular flexibility index (Phi) is 8.37. The lowest BCUT2D eigenvalue weighted by Crippen LogP contribution is -2.52. The van der Waals surface area contributed by atoms with Gasteiger partial charge in [-0.25, -0.2) is 9.18 Å². The van der Waals surface area contributed by atoms with E-state index in [4.69, 9.17) is 14.2 Å². The van der Waals surface area contributed by atoms with Gasteiger partial charge in [-0.2, -0.15) is 4.39 Å². The average molecular weight is 457 g/mol. The molecule has 0 saturated heterocycles. The van der Waals surface area contributed by atoms with Gasteiger partial charge in [0.15, 0.2) is 11.6 Å². The number of rotatable bonds is 3. The molecule has 3 amide bonds. The Morgan fingerprint density at radius 2 is 1.94 bits per heavy atom. The summed E-state index contributed by atoms with van der Waals surface area (Å²) in [4.78, 5) is 38.8. The molecule has 1 aromatic rings. The van der Waals surface area contributed by atoms with Crippen molar-refractivity contribution in [2.24, 2.45) is 0 Å². The second-order valence-corrected chi connectivity index (χ2v) is 8.31. The Morgan fingerprint density at radius 1 is 1.25 bits per heavy atom. The van der Waals surface area contributed by atoms with Crippen LogP contribution in [-0.2, 0) is 19.1 Å². The second-order valence-electron chi connectivity index (χ2n) is 8.31. The van der Waals surface area contributed by atoms with E-state index in [0.717, 1.165) is 11.0 Å². The number of benzene rings is 1. The Bertz CT molecular complexity index is 859. The van der Waals surface area contributed by atoms with E-state index in [1.165, 1.54) is 20.0 Å². The third-order valence-electron chi connectivity index (χ3n) is 4.61. The van der Waals surface area contributed by atoms with Crippen LogP contribution < -0.4 is 15.4 Å². The smallest absolute Gasteiger partial charge is 0.410 e. The van der Waals surface area contributed by atoms with Crippen molar-refractivity contribution in [2.75, 3.05) is 32.2 Å². The molecule has 0 aromatic heterocycles. The number of likely N-dealkylation sites (N-methyl/N-ethyl adjacent to an activating group) is 1. The first-order valence-electron chi connectivity index (χ1n) is 10.2. The van der Waals surface area contributed by atoms with Gasteiger partial charge >= 0.3 is 6.09 Å². The lowest BCUT2D eigenvalue weighted by atomic mass is 10.1. The number of hydrogen-bond acceptors (Lipinski definition) is 6. The summed E-state index contributed by atoms with van der Waals surface area (Å²) in [5, 5.41) is 5.03. The van der Waals surface area contributed by atoms with Gasteiger partial charge in [-0.15, -0.1) is 0 Å². The molecule has 0 radical (unpaired) electrons. The van der Waals surface area contributed by atoms with Gasteiger partial charge in [0.05, 0.1) is 12.3 Å². The number of halogens is 2. The van der Waals surface area contributed by atoms with Crippen LogP contribution in [0.2, 0.25) is 0 Å². The van der Waals surface area contributed by atoms with Crippen LogP contribution in [0.1, 0.15) is 34.1 Å². The topological polar surface area (TPSA) is 106 Å². The SMILES string of the molecule is CC(C(=O)NC1CCOCCOc2c(ccc(F)c2F)NC1=O)N(C)C(=O)OC(C)(C)C. The first kappa shape index (κ1) is 25.3. The highest BCUT2D eigenvalue weighted by molar-refractivity contribution is 5.99. The summed E-state index contributed by atoms with van der Waals surface area (Å²) in [5.74, 6) is -4.10. The fourth-order valence-electron chi connectivity index (χ4n) is 2.73. The van der Waals surface area contributed by atoms with Gasteiger partial charge in [0.1, 0.15) is 24.3 Å². The van der Waals surface area contributed by atoms with E-state index in [2.05, 4.69) is 10.6 Å². The highest BCUT2D eigenvalue weighted by Crippen LogP contribution is 2.30. The molecule has 1 aliphatic heterocycles. The van der Waals surface area contributed by atoms with E-state index in [0.29, 0.717) is 0 Å². The van der Waals surface area contributed by atoms with Crippen LogP contribution in [0.5, 0.6) is 5.75 Å². The van der Waals surface area contributed by atoms with Crippen molar-refractivity contribution in [2.45, 2.75) is 51.8 Å². The van der Waals surface area contributed by atoms with Crippen LogP contribution in [-0.4, -0.2) is 67.4 Å². The standard InChI is InChI=1S/C21H29F2N3O6/c1-12(26(5)20(29)32-21(2,3)4)18(27)25-15-8-9-30-10-11-31-17-14(24-19(15)28)7-6-13(22)16(17)23/h6-7,12,15H,8-11H2,1-5H3,(H,24,28)(H,25,27). The molecule has 2 N–H and O–H groups in total. The molecular formula is C21H29F2N3O6. The highest BCUT2D eigenvalue weighted by Gasteiger charge is 2.30. The molecule has 0 bridgehead atoms. The molecule has 0 spiro atoms. The molecule has 1 aromatic carbocycles. The second kappa shape index (κ2) is 10.6. The first-order valence-corrected chi connectivity index (χ1v) is 10.2. The van der Waals surface area contributed by atoms with Crippen molar-refractivity contribution in [1.82, 2.24) is 10.2 Å². The lowest BCUT2D eigenvalue weighted by Gasteiger charge is -2.29. The van der Waals surface area contributed by atoms with Crippen molar-refractivity contribution in [1.29, 1.82) is 0 Å². The van der Waals surface area contributed by atoms with Gasteiger partial charge in [-0.3, -0.25) is 14.5 Å². The summed E-state index contributed by atoms with van der Waals surface area (Å²) >= 11 is 0. The molecule has 0 aliphatic carbocycles. The highest BCUT2D eigenvalue weighted by atomic mass is 19.2. The van der Waals surface area contributed by atoms with Crippen molar-refractivity contribution in [3.05, 3.63) is 23.8 Å². The van der Waals surface area contributed by atoms with Crippen LogP contribution in [0.15, 0.2) is 12.1 Å². The van der Waals surface area contributed by atoms with Gasteiger partial charge in [0.2, 0.25) is 17.6 Å². The number of anilines is 1. The quantitative estimate of drug-likeness (QED) is 0.722. The number of hydrogen-bond donors (Lipinski definition) is 2. The van der Waals surface area contributed by atoms with E-state index in [-0.39, 0.29) is 31.9 Å². The predicted molar refractivity (Wildman–Crippen MR) is 111 cm³/mol. The molecule has 0 fully saturated rings. The summed E-state index contributed by atoms with van der Waals surface area (Å²) in [6, 6.07) is 0.0247. The maximum Gasteiger partial charge on any atom is 0.410 e. The molecule has 2 atom stereocenters. The van der Waals surface area contributed by atoms with Crippen LogP contribution >= 0.6 is 0 Å². The number of nitrogens with one attached hydrogen (secondary N) is 2. The molecule has 2 unspecified atom stereocenters. The van der Waals surface area contributed by atoms with E-state index >= 15 is 0 Å². The lowest BCUT2D eigenvalue weighted by molar-refractivity contribution is -0.129. The number of nitrogens with zero attached hydrogens (tertiary/aromatic N) is 1. The maximum absolute atomic E-state index is 14.1. The molecule has 32 heavy (non-hydrogen) atoms. The number of fused-ring (bicyclic) bond motifs is 1. The number of amides is 3. The van der Waals surface area contributed by atoms with Crippen molar-refractivity contribution in [3.8, 4) is 5.75 Å². The van der Waals surface area contributed by atoms with E-state index in [1.54, 1.807) is 20.8 Å². The van der Waals surface area contributed by atoms with Gasteiger partial charge in [0.25, 0.3) is 0 Å². The summed E-state index contributed by atoms with van der Waals surface area (Å²) < 4.78 is 43.6. The molecule has 2 rings (SSSR count). The third-order valence-corrected chi connectivity index (χ3v) is 4.61. The Labute approximate surface area is 185 Å². The van der Waals surface area contributed by atoms with Crippen LogP contribution in [0.25, 0.3) is 0 Å². The van der Waals surface area contributed by atoms with Gasteiger partial charge in [0, 0.05) is 13.7 Å². The summed E-state index contributed by atoms with van der Waals surface area (Å²) in [5.41, 5.74) is -0.813. The summed E-state index contributed by atoms with van der Waals surface area (Å²) in [7, 11) is 1.41. The first-order chi connectivity index (χ1) is 14.9. The predicted octanol–water partition coefficient (Wildman–Crippen LogP) is 2.44. The monoisotopic (exact) mass is 457 g/mol. The molecule has 11 heteroatoms. The maximum atomic E-state index is 14.1. The van der Waals surface area contributed by atoms with Crippen molar-refractivity contribution in [3.63, 3.8) is 0 Å². The minimum absolute atomic E-state index is 0.0576. The molecule has 1 heterocycles. The fraction of sp³-hybridized carbons (Fsp3) is 0.571. The molecule has 1 aliphatic rings.